The van der Waals surface area contributed by atoms with Crippen LogP contribution in [0, 0.1) is 0 Å². The maximum atomic E-state index is 8.74. The van der Waals surface area contributed by atoms with Gasteiger partial charge in [-0.25, -0.2) is 0 Å². The zero-order valence-corrected chi connectivity index (χ0v) is 9.41. The lowest BCUT2D eigenvalue weighted by Crippen LogP contribution is -1.97. The molecule has 0 atom stereocenters. The van der Waals surface area contributed by atoms with Crippen molar-refractivity contribution in [2.75, 3.05) is 13.2 Å². The molecule has 0 amide bonds. The van der Waals surface area contributed by atoms with Crippen molar-refractivity contribution in [3.63, 3.8) is 0 Å². The zero-order chi connectivity index (χ0) is 10.9. The average Bonchev–Trinajstić information content (AvgIpc) is 2.27. The summed E-state index contributed by atoms with van der Waals surface area (Å²) in [7, 11) is 0. The molecule has 0 aliphatic rings. The van der Waals surface area contributed by atoms with Crippen LogP contribution in [0.25, 0.3) is 0 Å². The van der Waals surface area contributed by atoms with Crippen LogP contribution >= 0.6 is 0 Å². The van der Waals surface area contributed by atoms with Crippen LogP contribution in [0.4, 0.5) is 0 Å². The van der Waals surface area contributed by atoms with E-state index in [9.17, 15) is 0 Å². The second-order valence-corrected chi connectivity index (χ2v) is 3.68. The van der Waals surface area contributed by atoms with Crippen molar-refractivity contribution in [2.24, 2.45) is 0 Å². The maximum Gasteiger partial charge on any atom is 0.119 e. The highest BCUT2D eigenvalue weighted by atomic mass is 16.5. The molecule has 0 heterocycles. The van der Waals surface area contributed by atoms with Crippen LogP contribution < -0.4 is 4.74 Å². The van der Waals surface area contributed by atoms with Gasteiger partial charge in [0.1, 0.15) is 5.75 Å². The number of hydrogen-bond acceptors (Lipinski definition) is 2. The van der Waals surface area contributed by atoms with E-state index in [-0.39, 0.29) is 6.61 Å². The lowest BCUT2D eigenvalue weighted by Gasteiger charge is -2.07. The van der Waals surface area contributed by atoms with Gasteiger partial charge in [-0.15, -0.1) is 0 Å². The lowest BCUT2D eigenvalue weighted by atomic mass is 10.1. The molecule has 0 spiro atoms. The Morgan fingerprint density at radius 2 is 2.13 bits per heavy atom. The predicted octanol–water partition coefficient (Wildman–Crippen LogP) is 2.79. The molecule has 0 unspecified atom stereocenters. The molecule has 1 N–H and O–H groups in total. The third kappa shape index (κ3) is 4.84. The molecule has 0 radical (unpaired) electrons. The SMILES string of the molecule is CCCCOc1cccc(CCCO)c1. The number of benzene rings is 1. The summed E-state index contributed by atoms with van der Waals surface area (Å²) in [6.07, 6.45) is 3.99. The van der Waals surface area contributed by atoms with E-state index in [4.69, 9.17) is 9.84 Å². The third-order valence-corrected chi connectivity index (χ3v) is 2.29. The Balaban J connectivity index is 2.42. The number of ether oxygens (including phenoxy) is 1. The van der Waals surface area contributed by atoms with Crippen molar-refractivity contribution >= 4 is 0 Å². The third-order valence-electron chi connectivity index (χ3n) is 2.29. The molecule has 84 valence electrons. The van der Waals surface area contributed by atoms with Gasteiger partial charge in [-0.05, 0) is 37.0 Å². The number of unbranched alkanes of at least 4 members (excludes halogenated alkanes) is 1. The van der Waals surface area contributed by atoms with Crippen molar-refractivity contribution in [1.82, 2.24) is 0 Å². The fraction of sp³-hybridized carbons (Fsp3) is 0.538. The zero-order valence-electron chi connectivity index (χ0n) is 9.41. The minimum absolute atomic E-state index is 0.251. The molecule has 0 aromatic heterocycles. The van der Waals surface area contributed by atoms with Crippen LogP contribution in [-0.4, -0.2) is 18.3 Å². The van der Waals surface area contributed by atoms with Crippen LogP contribution in [0.1, 0.15) is 31.7 Å². The van der Waals surface area contributed by atoms with E-state index in [0.29, 0.717) is 0 Å². The first-order valence-electron chi connectivity index (χ1n) is 5.69. The van der Waals surface area contributed by atoms with E-state index >= 15 is 0 Å². The van der Waals surface area contributed by atoms with E-state index in [2.05, 4.69) is 19.1 Å². The van der Waals surface area contributed by atoms with E-state index in [1.165, 1.54) is 5.56 Å². The Morgan fingerprint density at radius 3 is 2.87 bits per heavy atom. The van der Waals surface area contributed by atoms with Gasteiger partial charge < -0.3 is 9.84 Å². The monoisotopic (exact) mass is 208 g/mol. The summed E-state index contributed by atoms with van der Waals surface area (Å²) in [6.45, 7) is 3.20. The molecule has 0 aliphatic heterocycles. The maximum absolute atomic E-state index is 8.74. The van der Waals surface area contributed by atoms with E-state index in [1.807, 2.05) is 12.1 Å². The van der Waals surface area contributed by atoms with Gasteiger partial charge in [0, 0.05) is 6.61 Å². The van der Waals surface area contributed by atoms with Crippen LogP contribution in [0.3, 0.4) is 0 Å². The Labute approximate surface area is 91.9 Å². The molecule has 1 aromatic rings. The standard InChI is InChI=1S/C13H20O2/c1-2-3-10-15-13-8-4-6-12(11-13)7-5-9-14/h4,6,8,11,14H,2-3,5,7,9-10H2,1H3. The second kappa shape index (κ2) is 7.30. The minimum atomic E-state index is 0.251. The van der Waals surface area contributed by atoms with Gasteiger partial charge >= 0.3 is 0 Å². The molecule has 15 heavy (non-hydrogen) atoms. The average molecular weight is 208 g/mol. The lowest BCUT2D eigenvalue weighted by molar-refractivity contribution is 0.288. The number of aryl methyl sites for hydroxylation is 1. The molecular formula is C13H20O2. The first-order chi connectivity index (χ1) is 7.36. The first-order valence-corrected chi connectivity index (χ1v) is 5.69. The molecule has 1 rings (SSSR count). The van der Waals surface area contributed by atoms with Crippen molar-refractivity contribution in [3.05, 3.63) is 29.8 Å². The summed E-state index contributed by atoms with van der Waals surface area (Å²) in [5, 5.41) is 8.74. The minimum Gasteiger partial charge on any atom is -0.494 e. The smallest absolute Gasteiger partial charge is 0.119 e. The van der Waals surface area contributed by atoms with Crippen molar-refractivity contribution in [2.45, 2.75) is 32.6 Å². The summed E-state index contributed by atoms with van der Waals surface area (Å²) in [5.74, 6) is 0.943. The van der Waals surface area contributed by atoms with Gasteiger partial charge in [-0.3, -0.25) is 0 Å². The summed E-state index contributed by atoms with van der Waals surface area (Å²) < 4.78 is 5.60. The van der Waals surface area contributed by atoms with E-state index < -0.39 is 0 Å². The molecule has 0 saturated heterocycles. The molecule has 0 saturated carbocycles. The summed E-state index contributed by atoms with van der Waals surface area (Å²) in [5.41, 5.74) is 1.23. The molecule has 2 nitrogen and oxygen atoms in total. The Hall–Kier alpha value is -1.02. The van der Waals surface area contributed by atoms with Crippen LogP contribution in [0.15, 0.2) is 24.3 Å². The number of hydrogen-bond donors (Lipinski definition) is 1. The van der Waals surface area contributed by atoms with Gasteiger partial charge in [-0.2, -0.15) is 0 Å². The van der Waals surface area contributed by atoms with Crippen molar-refractivity contribution in [1.29, 1.82) is 0 Å². The molecule has 0 aliphatic carbocycles. The van der Waals surface area contributed by atoms with Gasteiger partial charge in [0.2, 0.25) is 0 Å². The summed E-state index contributed by atoms with van der Waals surface area (Å²) in [6, 6.07) is 8.12. The van der Waals surface area contributed by atoms with Crippen molar-refractivity contribution in [3.8, 4) is 5.75 Å². The molecule has 1 aromatic carbocycles. The number of aliphatic hydroxyl groups excluding tert-OH is 1. The van der Waals surface area contributed by atoms with Gasteiger partial charge in [0.05, 0.1) is 6.61 Å². The highest BCUT2D eigenvalue weighted by molar-refractivity contribution is 5.28. The van der Waals surface area contributed by atoms with Gasteiger partial charge in [0.15, 0.2) is 0 Å². The Morgan fingerprint density at radius 1 is 1.27 bits per heavy atom. The number of rotatable bonds is 7. The summed E-state index contributed by atoms with van der Waals surface area (Å²) in [4.78, 5) is 0. The predicted molar refractivity (Wildman–Crippen MR) is 62.3 cm³/mol. The fourth-order valence-electron chi connectivity index (χ4n) is 1.41. The normalized spacial score (nSPS) is 10.3. The van der Waals surface area contributed by atoms with Gasteiger partial charge in [-0.1, -0.05) is 25.5 Å². The molecule has 2 heteroatoms. The molecule has 0 bridgehead atoms. The first kappa shape index (κ1) is 12.1. The van der Waals surface area contributed by atoms with Crippen molar-refractivity contribution < 1.29 is 9.84 Å². The summed E-state index contributed by atoms with van der Waals surface area (Å²) >= 11 is 0. The number of aliphatic hydroxyl groups is 1. The van der Waals surface area contributed by atoms with Crippen LogP contribution in [0.2, 0.25) is 0 Å². The second-order valence-electron chi connectivity index (χ2n) is 3.68. The van der Waals surface area contributed by atoms with Crippen LogP contribution in [-0.2, 0) is 6.42 Å². The molecular weight excluding hydrogens is 188 g/mol. The molecule has 0 fully saturated rings. The fourth-order valence-corrected chi connectivity index (χ4v) is 1.41. The highest BCUT2D eigenvalue weighted by Crippen LogP contribution is 2.14. The largest absolute Gasteiger partial charge is 0.494 e. The Bertz CT molecular complexity index is 271. The van der Waals surface area contributed by atoms with E-state index in [1.54, 1.807) is 0 Å². The van der Waals surface area contributed by atoms with Gasteiger partial charge in [0.25, 0.3) is 0 Å². The van der Waals surface area contributed by atoms with E-state index in [0.717, 1.165) is 38.0 Å². The van der Waals surface area contributed by atoms with Crippen LogP contribution in [0.5, 0.6) is 5.75 Å². The quantitative estimate of drug-likeness (QED) is 0.698. The topological polar surface area (TPSA) is 29.5 Å². The highest BCUT2D eigenvalue weighted by Gasteiger charge is 1.96. The Kier molecular flexibility index (Phi) is 5.86.